The van der Waals surface area contributed by atoms with Gasteiger partial charge in [-0.15, -0.1) is 0 Å². The van der Waals surface area contributed by atoms with Crippen LogP contribution in [-0.4, -0.2) is 56.2 Å². The highest BCUT2D eigenvalue weighted by Crippen LogP contribution is 2.31. The monoisotopic (exact) mass is 500 g/mol. The van der Waals surface area contributed by atoms with E-state index in [1.165, 1.54) is 6.33 Å². The first-order chi connectivity index (χ1) is 17.7. The molecule has 0 spiro atoms. The van der Waals surface area contributed by atoms with Crippen LogP contribution in [0.3, 0.4) is 0 Å². The standard InChI is InChI=1S/C28H32N6O3/c1-28(2,3)37-27(36)33-13-11-22(12-14-33)34-16-20(23-24(29)30-17-31-25(23)34)8-7-18-5-4-6-19(15-18)26(35)32-21-9-10-21/h4-6,15-17,21-22H,9-14H2,1-3H3,(H,32,35)(H2,29,30,31). The van der Waals surface area contributed by atoms with E-state index in [9.17, 15) is 9.59 Å². The smallest absolute Gasteiger partial charge is 0.410 e. The molecule has 3 N–H and O–H groups in total. The minimum atomic E-state index is -0.521. The first-order valence-electron chi connectivity index (χ1n) is 12.7. The third-order valence-corrected chi connectivity index (χ3v) is 6.53. The number of likely N-dealkylation sites (tertiary alicyclic amines) is 1. The fourth-order valence-electron chi connectivity index (χ4n) is 4.51. The molecule has 2 aromatic heterocycles. The molecular weight excluding hydrogens is 468 g/mol. The Morgan fingerprint density at radius 3 is 2.57 bits per heavy atom. The van der Waals surface area contributed by atoms with E-state index >= 15 is 0 Å². The van der Waals surface area contributed by atoms with Crippen LogP contribution in [0.1, 0.15) is 74.0 Å². The van der Waals surface area contributed by atoms with Gasteiger partial charge in [-0.05, 0) is 64.7 Å². The minimum absolute atomic E-state index is 0.0712. The topological polar surface area (TPSA) is 115 Å². The second kappa shape index (κ2) is 9.77. The van der Waals surface area contributed by atoms with E-state index < -0.39 is 5.60 Å². The molecule has 2 amide bonds. The highest BCUT2D eigenvalue weighted by Gasteiger charge is 2.29. The molecule has 0 unspecified atom stereocenters. The van der Waals surface area contributed by atoms with E-state index in [0.717, 1.165) is 42.5 Å². The van der Waals surface area contributed by atoms with Crippen molar-refractivity contribution >= 4 is 28.9 Å². The van der Waals surface area contributed by atoms with Crippen molar-refractivity contribution in [2.24, 2.45) is 0 Å². The van der Waals surface area contributed by atoms with E-state index in [1.54, 1.807) is 17.0 Å². The number of nitrogens with two attached hydrogens (primary N) is 1. The predicted octanol–water partition coefficient (Wildman–Crippen LogP) is 3.88. The number of nitrogens with one attached hydrogen (secondary N) is 1. The summed E-state index contributed by atoms with van der Waals surface area (Å²) in [5, 5.41) is 3.72. The van der Waals surface area contributed by atoms with Gasteiger partial charge in [-0.1, -0.05) is 17.9 Å². The number of aromatic nitrogens is 3. The number of nitrogen functional groups attached to an aromatic ring is 1. The third-order valence-electron chi connectivity index (χ3n) is 6.53. The molecular formula is C28H32N6O3. The highest BCUT2D eigenvalue weighted by atomic mass is 16.6. The molecule has 3 aromatic rings. The van der Waals surface area contributed by atoms with Crippen LogP contribution in [0.2, 0.25) is 0 Å². The fourth-order valence-corrected chi connectivity index (χ4v) is 4.51. The summed E-state index contributed by atoms with van der Waals surface area (Å²) >= 11 is 0. The third kappa shape index (κ3) is 5.69. The van der Waals surface area contributed by atoms with Crippen LogP contribution in [0.15, 0.2) is 36.8 Å². The summed E-state index contributed by atoms with van der Waals surface area (Å²) in [6, 6.07) is 7.76. The number of hydrogen-bond donors (Lipinski definition) is 2. The van der Waals surface area contributed by atoms with E-state index in [4.69, 9.17) is 10.5 Å². The normalized spacial score (nSPS) is 16.2. The Morgan fingerprint density at radius 1 is 1.11 bits per heavy atom. The number of piperidine rings is 1. The predicted molar refractivity (Wildman–Crippen MR) is 141 cm³/mol. The molecule has 1 saturated carbocycles. The van der Waals surface area contributed by atoms with Gasteiger partial charge in [0.1, 0.15) is 23.4 Å². The average molecular weight is 501 g/mol. The van der Waals surface area contributed by atoms with Crippen molar-refractivity contribution < 1.29 is 14.3 Å². The maximum absolute atomic E-state index is 12.5. The van der Waals surface area contributed by atoms with Crippen molar-refractivity contribution in [3.63, 3.8) is 0 Å². The number of amides is 2. The second-order valence-electron chi connectivity index (χ2n) is 10.7. The van der Waals surface area contributed by atoms with Crippen molar-refractivity contribution in [1.82, 2.24) is 24.8 Å². The summed E-state index contributed by atoms with van der Waals surface area (Å²) in [5.74, 6) is 6.71. The van der Waals surface area contributed by atoms with Crippen molar-refractivity contribution in [2.75, 3.05) is 18.8 Å². The molecule has 0 bridgehead atoms. The lowest BCUT2D eigenvalue weighted by atomic mass is 10.1. The Hall–Kier alpha value is -4.06. The lowest BCUT2D eigenvalue weighted by molar-refractivity contribution is 0.0189. The Bertz CT molecular complexity index is 1400. The zero-order valence-electron chi connectivity index (χ0n) is 21.5. The Morgan fingerprint density at radius 2 is 1.86 bits per heavy atom. The molecule has 5 rings (SSSR count). The van der Waals surface area contributed by atoms with Crippen LogP contribution < -0.4 is 11.1 Å². The van der Waals surface area contributed by atoms with E-state index in [0.29, 0.717) is 35.9 Å². The van der Waals surface area contributed by atoms with Crippen molar-refractivity contribution in [2.45, 2.75) is 64.1 Å². The first-order valence-corrected chi connectivity index (χ1v) is 12.7. The van der Waals surface area contributed by atoms with E-state index in [1.807, 2.05) is 39.1 Å². The zero-order valence-corrected chi connectivity index (χ0v) is 21.5. The molecule has 9 heteroatoms. The maximum Gasteiger partial charge on any atom is 0.410 e. The van der Waals surface area contributed by atoms with E-state index in [-0.39, 0.29) is 18.0 Å². The van der Waals surface area contributed by atoms with Gasteiger partial charge >= 0.3 is 6.09 Å². The van der Waals surface area contributed by atoms with Gasteiger partial charge in [0, 0.05) is 42.5 Å². The zero-order chi connectivity index (χ0) is 26.2. The van der Waals surface area contributed by atoms with Gasteiger partial charge in [0.05, 0.1) is 10.9 Å². The van der Waals surface area contributed by atoms with Crippen LogP contribution in [-0.2, 0) is 4.74 Å². The number of carbonyl (C=O) groups excluding carboxylic acids is 2. The average Bonchev–Trinajstić information content (AvgIpc) is 3.60. The molecule has 1 saturated heterocycles. The summed E-state index contributed by atoms with van der Waals surface area (Å²) in [5.41, 5.74) is 8.53. The van der Waals surface area contributed by atoms with Gasteiger partial charge in [-0.3, -0.25) is 4.79 Å². The number of anilines is 1. The molecule has 0 radical (unpaired) electrons. The number of hydrogen-bond acceptors (Lipinski definition) is 6. The van der Waals surface area contributed by atoms with Crippen molar-refractivity contribution in [3.05, 3.63) is 53.5 Å². The van der Waals surface area contributed by atoms with Gasteiger partial charge in [0.2, 0.25) is 0 Å². The van der Waals surface area contributed by atoms with Gasteiger partial charge < -0.3 is 25.3 Å². The molecule has 3 heterocycles. The van der Waals surface area contributed by atoms with Crippen LogP contribution >= 0.6 is 0 Å². The maximum atomic E-state index is 12.5. The number of rotatable bonds is 3. The summed E-state index contributed by atoms with van der Waals surface area (Å²) in [7, 11) is 0. The number of ether oxygens (including phenoxy) is 1. The van der Waals surface area contributed by atoms with Crippen molar-refractivity contribution in [3.8, 4) is 11.8 Å². The van der Waals surface area contributed by atoms with E-state index in [2.05, 4.69) is 31.7 Å². The van der Waals surface area contributed by atoms with Gasteiger partial charge in [-0.25, -0.2) is 14.8 Å². The van der Waals surface area contributed by atoms with Crippen LogP contribution in [0, 0.1) is 11.8 Å². The molecule has 1 aromatic carbocycles. The fraction of sp³-hybridized carbons (Fsp3) is 0.429. The molecule has 1 aliphatic carbocycles. The number of fused-ring (bicyclic) bond motifs is 1. The van der Waals surface area contributed by atoms with Crippen LogP contribution in [0.25, 0.3) is 11.0 Å². The lowest BCUT2D eigenvalue weighted by Crippen LogP contribution is -2.42. The Balaban J connectivity index is 1.37. The van der Waals surface area contributed by atoms with Gasteiger partial charge in [0.15, 0.2) is 0 Å². The summed E-state index contributed by atoms with van der Waals surface area (Å²) in [4.78, 5) is 35.4. The molecule has 192 valence electrons. The van der Waals surface area contributed by atoms with Gasteiger partial charge in [-0.2, -0.15) is 0 Å². The molecule has 9 nitrogen and oxygen atoms in total. The van der Waals surface area contributed by atoms with Crippen LogP contribution in [0.4, 0.5) is 10.6 Å². The summed E-state index contributed by atoms with van der Waals surface area (Å²) in [6.45, 7) is 6.80. The number of nitrogens with zero attached hydrogens (tertiary/aromatic N) is 4. The SMILES string of the molecule is CC(C)(C)OC(=O)N1CCC(n2cc(C#Cc3cccc(C(=O)NC4CC4)c3)c3c(N)ncnc32)CC1. The molecule has 2 aliphatic rings. The molecule has 1 aliphatic heterocycles. The Kier molecular flexibility index (Phi) is 6.50. The Labute approximate surface area is 216 Å². The highest BCUT2D eigenvalue weighted by molar-refractivity contribution is 5.95. The molecule has 37 heavy (non-hydrogen) atoms. The summed E-state index contributed by atoms with van der Waals surface area (Å²) in [6.07, 6.45) is 6.76. The van der Waals surface area contributed by atoms with Gasteiger partial charge in [0.25, 0.3) is 5.91 Å². The lowest BCUT2D eigenvalue weighted by Gasteiger charge is -2.34. The first kappa shape index (κ1) is 24.6. The van der Waals surface area contributed by atoms with Crippen LogP contribution in [0.5, 0.6) is 0 Å². The number of carbonyl (C=O) groups is 2. The number of benzene rings is 1. The quantitative estimate of drug-likeness (QED) is 0.528. The largest absolute Gasteiger partial charge is 0.444 e. The minimum Gasteiger partial charge on any atom is -0.444 e. The summed E-state index contributed by atoms with van der Waals surface area (Å²) < 4.78 is 7.63. The molecule has 2 fully saturated rings. The van der Waals surface area contributed by atoms with Crippen molar-refractivity contribution in [1.29, 1.82) is 0 Å². The molecule has 0 atom stereocenters. The second-order valence-corrected chi connectivity index (χ2v) is 10.7.